The molecule has 0 unspecified atom stereocenters. The van der Waals surface area contributed by atoms with Gasteiger partial charge in [-0.05, 0) is 36.8 Å². The molecule has 0 radical (unpaired) electrons. The molecule has 2 aromatic rings. The molecule has 5 atom stereocenters. The third-order valence-corrected chi connectivity index (χ3v) is 7.52. The van der Waals surface area contributed by atoms with Crippen LogP contribution in [0, 0.1) is 5.92 Å². The molecule has 19 nitrogen and oxygen atoms in total. The number of aromatic amines is 1. The summed E-state index contributed by atoms with van der Waals surface area (Å²) in [5, 5.41) is 41.1. The largest absolute Gasteiger partial charge is 0.481 e. The molecule has 0 bridgehead atoms. The quantitative estimate of drug-likeness (QED) is 0.0373. The number of aliphatic carboxylic acids is 2. The number of aliphatic hydroxyl groups is 1. The number of aromatic nitrogens is 1. The number of carboxylic acid groups (broad SMARTS) is 2. The number of H-pyrrole nitrogens is 1. The SMILES string of the molecule is CC(=O)N[C@@H](CO)C(=O)N[C@@H](Cc1c[nH]c2ccccc12)C(=O)N[C@@H](CC(C)C)C(=O)N[C@@H](CCCN=C(N)N)C(=O)N[C@@H](CC(=O)O)C(=O)O. The number of hydrogen-bond donors (Lipinski definition) is 11. The average Bonchev–Trinajstić information content (AvgIpc) is 3.45. The van der Waals surface area contributed by atoms with Gasteiger partial charge in [-0.1, -0.05) is 32.0 Å². The van der Waals surface area contributed by atoms with E-state index in [0.29, 0.717) is 5.56 Å². The fourth-order valence-corrected chi connectivity index (χ4v) is 5.11. The van der Waals surface area contributed by atoms with E-state index in [0.717, 1.165) is 17.8 Å². The predicted molar refractivity (Wildman–Crippen MR) is 184 cm³/mol. The Bertz CT molecular complexity index is 1590. The summed E-state index contributed by atoms with van der Waals surface area (Å²) in [5.41, 5.74) is 12.1. The minimum absolute atomic E-state index is 0.0498. The Labute approximate surface area is 293 Å². The summed E-state index contributed by atoms with van der Waals surface area (Å²) in [6.07, 6.45) is 0.785. The maximum Gasteiger partial charge on any atom is 0.326 e. The van der Waals surface area contributed by atoms with Gasteiger partial charge in [-0.25, -0.2) is 4.79 Å². The lowest BCUT2D eigenvalue weighted by Crippen LogP contribution is -2.59. The highest BCUT2D eigenvalue weighted by atomic mass is 16.4. The van der Waals surface area contributed by atoms with Gasteiger partial charge in [0.25, 0.3) is 0 Å². The van der Waals surface area contributed by atoms with Gasteiger partial charge < -0.3 is 58.4 Å². The van der Waals surface area contributed by atoms with Crippen molar-refractivity contribution in [3.63, 3.8) is 0 Å². The molecule has 1 aromatic carbocycles. The highest BCUT2D eigenvalue weighted by Crippen LogP contribution is 2.19. The van der Waals surface area contributed by atoms with Gasteiger partial charge in [0, 0.05) is 37.0 Å². The number of carbonyl (C=O) groups excluding carboxylic acids is 5. The Morgan fingerprint density at radius 3 is 1.96 bits per heavy atom. The monoisotopic (exact) mass is 717 g/mol. The molecule has 0 fully saturated rings. The standard InChI is InChI=1S/C32H47N9O10/c1-16(2)11-22(28(47)38-21(9-6-10-35-32(33)34)27(46)41-24(31(50)51)13-26(44)45)39-29(48)23(40-30(49)25(15-42)37-17(3)43)12-18-14-36-20-8-5-4-7-19(18)20/h4-5,7-8,14,16,21-25,36,42H,6,9-13,15H2,1-3H3,(H,37,43)(H,38,47)(H,39,48)(H,40,49)(H,41,46)(H,44,45)(H,50,51)(H4,33,34,35)/t21-,22-,23-,24-,25-/m0/s1. The van der Waals surface area contributed by atoms with Crippen LogP contribution in [0.4, 0.5) is 0 Å². The van der Waals surface area contributed by atoms with Crippen molar-refractivity contribution in [2.24, 2.45) is 22.4 Å². The van der Waals surface area contributed by atoms with Gasteiger partial charge in [-0.2, -0.15) is 0 Å². The van der Waals surface area contributed by atoms with E-state index < -0.39 is 84.7 Å². The normalized spacial score (nSPS) is 13.9. The van der Waals surface area contributed by atoms with Gasteiger partial charge in [-0.3, -0.25) is 33.8 Å². The Morgan fingerprint density at radius 1 is 0.804 bits per heavy atom. The number of fused-ring (bicyclic) bond motifs is 1. The first-order valence-electron chi connectivity index (χ1n) is 16.2. The topological polar surface area (TPSA) is 321 Å². The van der Waals surface area contributed by atoms with Crippen LogP contribution < -0.4 is 38.1 Å². The zero-order chi connectivity index (χ0) is 38.2. The van der Waals surface area contributed by atoms with Gasteiger partial charge in [0.15, 0.2) is 5.96 Å². The van der Waals surface area contributed by atoms with Crippen LogP contribution in [0.3, 0.4) is 0 Å². The molecule has 2 rings (SSSR count). The molecule has 13 N–H and O–H groups in total. The number of aliphatic imine (C=N–C) groups is 1. The number of hydrogen-bond acceptors (Lipinski definition) is 9. The van der Waals surface area contributed by atoms with Crippen molar-refractivity contribution in [3.8, 4) is 0 Å². The van der Waals surface area contributed by atoms with Crippen molar-refractivity contribution in [2.75, 3.05) is 13.2 Å². The number of para-hydroxylation sites is 1. The maximum atomic E-state index is 13.9. The minimum Gasteiger partial charge on any atom is -0.481 e. The molecule has 19 heteroatoms. The number of rotatable bonds is 21. The number of carboxylic acids is 2. The second-order valence-corrected chi connectivity index (χ2v) is 12.3. The van der Waals surface area contributed by atoms with Crippen LogP contribution in [0.15, 0.2) is 35.5 Å². The van der Waals surface area contributed by atoms with Crippen molar-refractivity contribution < 1.29 is 48.9 Å². The molecular weight excluding hydrogens is 670 g/mol. The first-order chi connectivity index (χ1) is 24.0. The highest BCUT2D eigenvalue weighted by Gasteiger charge is 2.33. The van der Waals surface area contributed by atoms with E-state index in [1.54, 1.807) is 26.1 Å². The van der Waals surface area contributed by atoms with Crippen LogP contribution in [0.2, 0.25) is 0 Å². The Morgan fingerprint density at radius 2 is 1.37 bits per heavy atom. The van der Waals surface area contributed by atoms with Gasteiger partial charge in [0.1, 0.15) is 30.2 Å². The molecule has 51 heavy (non-hydrogen) atoms. The van der Waals surface area contributed by atoms with Crippen molar-refractivity contribution in [2.45, 2.75) is 83.1 Å². The zero-order valence-corrected chi connectivity index (χ0v) is 28.6. The van der Waals surface area contributed by atoms with Crippen molar-refractivity contribution in [3.05, 3.63) is 36.0 Å². The molecule has 280 valence electrons. The van der Waals surface area contributed by atoms with E-state index in [4.69, 9.17) is 16.6 Å². The van der Waals surface area contributed by atoms with E-state index in [1.807, 2.05) is 18.2 Å². The summed E-state index contributed by atoms with van der Waals surface area (Å²) in [5.74, 6) is -7.55. The van der Waals surface area contributed by atoms with E-state index in [2.05, 4.69) is 36.6 Å². The van der Waals surface area contributed by atoms with Gasteiger partial charge in [0.2, 0.25) is 29.5 Å². The fraction of sp³-hybridized carbons (Fsp3) is 0.500. The molecule has 0 spiro atoms. The smallest absolute Gasteiger partial charge is 0.326 e. The molecule has 1 heterocycles. The number of nitrogens with one attached hydrogen (secondary N) is 6. The molecule has 0 saturated heterocycles. The second-order valence-electron chi connectivity index (χ2n) is 12.3. The molecule has 0 saturated carbocycles. The maximum absolute atomic E-state index is 13.9. The third-order valence-electron chi connectivity index (χ3n) is 7.52. The number of guanidine groups is 1. The van der Waals surface area contributed by atoms with Crippen LogP contribution in [-0.4, -0.2) is 111 Å². The molecular formula is C32H47N9O10. The predicted octanol–water partition coefficient (Wildman–Crippen LogP) is -2.19. The number of nitrogens with zero attached hydrogens (tertiary/aromatic N) is 1. The molecule has 5 amide bonds. The third kappa shape index (κ3) is 14.0. The first kappa shape index (κ1) is 41.5. The number of aliphatic hydroxyl groups excluding tert-OH is 1. The van der Waals surface area contributed by atoms with Crippen LogP contribution >= 0.6 is 0 Å². The summed E-state index contributed by atoms with van der Waals surface area (Å²) in [4.78, 5) is 95.2. The number of carbonyl (C=O) groups is 7. The Kier molecular flexibility index (Phi) is 16.3. The lowest BCUT2D eigenvalue weighted by Gasteiger charge is -2.27. The zero-order valence-electron chi connectivity index (χ0n) is 28.6. The summed E-state index contributed by atoms with van der Waals surface area (Å²) in [6.45, 7) is 4.00. The lowest BCUT2D eigenvalue weighted by molar-refractivity contribution is -0.147. The van der Waals surface area contributed by atoms with Crippen LogP contribution in [0.1, 0.15) is 52.0 Å². The van der Waals surface area contributed by atoms with Crippen molar-refractivity contribution in [1.29, 1.82) is 0 Å². The van der Waals surface area contributed by atoms with E-state index in [1.165, 1.54) is 0 Å². The molecule has 1 aromatic heterocycles. The van der Waals surface area contributed by atoms with Crippen molar-refractivity contribution in [1.82, 2.24) is 31.6 Å². The Hall–Kier alpha value is -5.72. The number of nitrogens with two attached hydrogens (primary N) is 2. The summed E-state index contributed by atoms with van der Waals surface area (Å²) < 4.78 is 0. The summed E-state index contributed by atoms with van der Waals surface area (Å²) in [6, 6.07) is 0.0857. The lowest BCUT2D eigenvalue weighted by atomic mass is 10.00. The molecule has 0 aliphatic rings. The second kappa shape index (κ2) is 20.1. The van der Waals surface area contributed by atoms with E-state index >= 15 is 0 Å². The van der Waals surface area contributed by atoms with Gasteiger partial charge in [0.05, 0.1) is 13.0 Å². The highest BCUT2D eigenvalue weighted by molar-refractivity contribution is 5.97. The fourth-order valence-electron chi connectivity index (χ4n) is 5.11. The molecule has 0 aliphatic carbocycles. The Balaban J connectivity index is 2.39. The van der Waals surface area contributed by atoms with Crippen LogP contribution in [-0.2, 0) is 40.0 Å². The average molecular weight is 718 g/mol. The van der Waals surface area contributed by atoms with Crippen LogP contribution in [0.25, 0.3) is 10.9 Å². The number of benzene rings is 1. The molecule has 0 aliphatic heterocycles. The van der Waals surface area contributed by atoms with E-state index in [-0.39, 0.29) is 44.1 Å². The van der Waals surface area contributed by atoms with Gasteiger partial charge >= 0.3 is 11.9 Å². The number of amides is 5. The van der Waals surface area contributed by atoms with Crippen molar-refractivity contribution >= 4 is 58.3 Å². The first-order valence-corrected chi connectivity index (χ1v) is 16.2. The van der Waals surface area contributed by atoms with Crippen LogP contribution in [0.5, 0.6) is 0 Å². The van der Waals surface area contributed by atoms with Gasteiger partial charge in [-0.15, -0.1) is 0 Å². The minimum atomic E-state index is -1.80. The van der Waals surface area contributed by atoms with E-state index in [9.17, 15) is 43.8 Å². The summed E-state index contributed by atoms with van der Waals surface area (Å²) >= 11 is 0. The summed E-state index contributed by atoms with van der Waals surface area (Å²) in [7, 11) is 0.